The van der Waals surface area contributed by atoms with Gasteiger partial charge in [0.2, 0.25) is 0 Å². The topological polar surface area (TPSA) is 68.0 Å². The zero-order valence-corrected chi connectivity index (χ0v) is 12.5. The molecule has 1 amide bonds. The summed E-state index contributed by atoms with van der Waals surface area (Å²) >= 11 is 0. The fourth-order valence-corrected chi connectivity index (χ4v) is 2.17. The van der Waals surface area contributed by atoms with Gasteiger partial charge < -0.3 is 11.1 Å². The Hall–Kier alpha value is -2.36. The lowest BCUT2D eigenvalue weighted by atomic mass is 10.1. The van der Waals surface area contributed by atoms with E-state index < -0.39 is 0 Å². The number of nitrogen functional groups attached to an aromatic ring is 1. The molecule has 0 atom stereocenters. The summed E-state index contributed by atoms with van der Waals surface area (Å²) in [6.45, 7) is 4.13. The summed E-state index contributed by atoms with van der Waals surface area (Å²) in [4.78, 5) is 16.4. The molecule has 0 aliphatic carbocycles. The first-order chi connectivity index (χ1) is 10.1. The Kier molecular flexibility index (Phi) is 4.93. The van der Waals surface area contributed by atoms with Crippen molar-refractivity contribution in [3.63, 3.8) is 0 Å². The van der Waals surface area contributed by atoms with Crippen molar-refractivity contribution in [1.29, 1.82) is 0 Å². The summed E-state index contributed by atoms with van der Waals surface area (Å²) in [6, 6.07) is 11.3. The van der Waals surface area contributed by atoms with Gasteiger partial charge in [-0.2, -0.15) is 0 Å². The largest absolute Gasteiger partial charge is 0.384 e. The molecule has 3 N–H and O–H groups in total. The minimum atomic E-state index is -0.165. The SMILES string of the molecule is CCCc1ccc(NC(=O)c2cc(N)nc(CC)c2)cc1. The van der Waals surface area contributed by atoms with Crippen molar-refractivity contribution in [3.8, 4) is 0 Å². The van der Waals surface area contributed by atoms with Crippen LogP contribution in [0.4, 0.5) is 11.5 Å². The molecule has 4 heteroatoms. The van der Waals surface area contributed by atoms with Gasteiger partial charge in [-0.3, -0.25) is 4.79 Å². The molecule has 2 rings (SSSR count). The molecule has 21 heavy (non-hydrogen) atoms. The number of carbonyl (C=O) groups is 1. The van der Waals surface area contributed by atoms with E-state index in [0.29, 0.717) is 11.4 Å². The maximum Gasteiger partial charge on any atom is 0.255 e. The van der Waals surface area contributed by atoms with Crippen LogP contribution in [0.25, 0.3) is 0 Å². The zero-order chi connectivity index (χ0) is 15.2. The second-order valence-corrected chi connectivity index (χ2v) is 5.03. The van der Waals surface area contributed by atoms with Crippen LogP contribution in [-0.4, -0.2) is 10.9 Å². The Morgan fingerprint density at radius 1 is 1.19 bits per heavy atom. The number of nitrogens with one attached hydrogen (secondary N) is 1. The highest BCUT2D eigenvalue weighted by Gasteiger charge is 2.09. The zero-order valence-electron chi connectivity index (χ0n) is 12.5. The number of aryl methyl sites for hydroxylation is 2. The second kappa shape index (κ2) is 6.88. The van der Waals surface area contributed by atoms with E-state index >= 15 is 0 Å². The first-order valence-corrected chi connectivity index (χ1v) is 7.29. The molecule has 0 saturated heterocycles. The number of rotatable bonds is 5. The van der Waals surface area contributed by atoms with E-state index in [1.54, 1.807) is 12.1 Å². The molecule has 0 spiro atoms. The third-order valence-electron chi connectivity index (χ3n) is 3.27. The molecule has 4 nitrogen and oxygen atoms in total. The summed E-state index contributed by atoms with van der Waals surface area (Å²) in [5.41, 5.74) is 9.15. The predicted molar refractivity (Wildman–Crippen MR) is 86.4 cm³/mol. The van der Waals surface area contributed by atoms with E-state index in [0.717, 1.165) is 30.6 Å². The van der Waals surface area contributed by atoms with E-state index in [1.807, 2.05) is 31.2 Å². The van der Waals surface area contributed by atoms with Crippen LogP contribution in [-0.2, 0) is 12.8 Å². The van der Waals surface area contributed by atoms with Crippen molar-refractivity contribution in [2.24, 2.45) is 0 Å². The Labute approximate surface area is 125 Å². The van der Waals surface area contributed by atoms with Gasteiger partial charge >= 0.3 is 0 Å². The van der Waals surface area contributed by atoms with E-state index in [4.69, 9.17) is 5.73 Å². The van der Waals surface area contributed by atoms with Crippen LogP contribution < -0.4 is 11.1 Å². The fourth-order valence-electron chi connectivity index (χ4n) is 2.17. The van der Waals surface area contributed by atoms with Crippen LogP contribution in [0.2, 0.25) is 0 Å². The summed E-state index contributed by atoms with van der Waals surface area (Å²) in [5, 5.41) is 2.88. The van der Waals surface area contributed by atoms with Gasteiger partial charge in [-0.25, -0.2) is 4.98 Å². The number of hydrogen-bond acceptors (Lipinski definition) is 3. The second-order valence-electron chi connectivity index (χ2n) is 5.03. The van der Waals surface area contributed by atoms with Gasteiger partial charge in [0, 0.05) is 16.9 Å². The minimum Gasteiger partial charge on any atom is -0.384 e. The molecule has 1 aromatic carbocycles. The van der Waals surface area contributed by atoms with Gasteiger partial charge in [0.25, 0.3) is 5.91 Å². The summed E-state index contributed by atoms with van der Waals surface area (Å²) < 4.78 is 0. The third kappa shape index (κ3) is 4.05. The highest BCUT2D eigenvalue weighted by atomic mass is 16.1. The normalized spacial score (nSPS) is 10.4. The molecule has 2 aromatic rings. The average molecular weight is 283 g/mol. The van der Waals surface area contributed by atoms with Crippen molar-refractivity contribution in [1.82, 2.24) is 4.98 Å². The molecular weight excluding hydrogens is 262 g/mol. The van der Waals surface area contributed by atoms with Crippen LogP contribution in [0, 0.1) is 0 Å². The van der Waals surface area contributed by atoms with Crippen LogP contribution in [0.5, 0.6) is 0 Å². The number of amides is 1. The van der Waals surface area contributed by atoms with E-state index in [1.165, 1.54) is 5.56 Å². The lowest BCUT2D eigenvalue weighted by Gasteiger charge is -2.08. The number of pyridine rings is 1. The first-order valence-electron chi connectivity index (χ1n) is 7.29. The highest BCUT2D eigenvalue weighted by molar-refractivity contribution is 6.04. The van der Waals surface area contributed by atoms with Crippen molar-refractivity contribution in [3.05, 3.63) is 53.2 Å². The number of nitrogens with zero attached hydrogens (tertiary/aromatic N) is 1. The van der Waals surface area contributed by atoms with Gasteiger partial charge in [-0.1, -0.05) is 32.4 Å². The minimum absolute atomic E-state index is 0.165. The summed E-state index contributed by atoms with van der Waals surface area (Å²) in [7, 11) is 0. The van der Waals surface area contributed by atoms with E-state index in [9.17, 15) is 4.79 Å². The monoisotopic (exact) mass is 283 g/mol. The maximum atomic E-state index is 12.3. The quantitative estimate of drug-likeness (QED) is 0.883. The van der Waals surface area contributed by atoms with Crippen LogP contribution in [0.1, 0.15) is 41.9 Å². The van der Waals surface area contributed by atoms with Gasteiger partial charge in [0.05, 0.1) is 0 Å². The number of nitrogens with two attached hydrogens (primary N) is 1. The predicted octanol–water partition coefficient (Wildman–Crippen LogP) is 3.43. The van der Waals surface area contributed by atoms with Crippen LogP contribution in [0.15, 0.2) is 36.4 Å². The number of anilines is 2. The number of hydrogen-bond donors (Lipinski definition) is 2. The molecule has 1 aromatic heterocycles. The first kappa shape index (κ1) is 15.0. The van der Waals surface area contributed by atoms with Crippen LogP contribution in [0.3, 0.4) is 0 Å². The van der Waals surface area contributed by atoms with Crippen molar-refractivity contribution in [2.45, 2.75) is 33.1 Å². The Balaban J connectivity index is 2.12. The summed E-state index contributed by atoms with van der Waals surface area (Å²) in [6.07, 6.45) is 2.91. The number of aromatic nitrogens is 1. The third-order valence-corrected chi connectivity index (χ3v) is 3.27. The lowest BCUT2D eigenvalue weighted by Crippen LogP contribution is -2.13. The standard InChI is InChI=1S/C17H21N3O/c1-3-5-12-6-8-15(9-7-12)20-17(21)13-10-14(4-2)19-16(18)11-13/h6-11H,3-5H2,1-2H3,(H2,18,19)(H,20,21). The maximum absolute atomic E-state index is 12.3. The molecule has 0 bridgehead atoms. The number of benzene rings is 1. The average Bonchev–Trinajstić information content (AvgIpc) is 2.48. The van der Waals surface area contributed by atoms with E-state index in [-0.39, 0.29) is 5.91 Å². The number of carbonyl (C=O) groups excluding carboxylic acids is 1. The molecule has 110 valence electrons. The molecule has 0 unspecified atom stereocenters. The smallest absolute Gasteiger partial charge is 0.255 e. The molecule has 0 radical (unpaired) electrons. The van der Waals surface area contributed by atoms with Gasteiger partial charge in [-0.15, -0.1) is 0 Å². The van der Waals surface area contributed by atoms with Crippen molar-refractivity contribution < 1.29 is 4.79 Å². The molecular formula is C17H21N3O. The van der Waals surface area contributed by atoms with Crippen LogP contribution >= 0.6 is 0 Å². The Bertz CT molecular complexity index is 620. The van der Waals surface area contributed by atoms with Gasteiger partial charge in [0.15, 0.2) is 0 Å². The van der Waals surface area contributed by atoms with Gasteiger partial charge in [0.1, 0.15) is 5.82 Å². The molecule has 0 aliphatic heterocycles. The molecule has 0 aliphatic rings. The van der Waals surface area contributed by atoms with Crippen molar-refractivity contribution >= 4 is 17.4 Å². The van der Waals surface area contributed by atoms with Crippen molar-refractivity contribution in [2.75, 3.05) is 11.1 Å². The highest BCUT2D eigenvalue weighted by Crippen LogP contribution is 2.14. The summed E-state index contributed by atoms with van der Waals surface area (Å²) in [5.74, 6) is 0.208. The van der Waals surface area contributed by atoms with Gasteiger partial charge in [-0.05, 0) is 42.7 Å². The molecule has 0 fully saturated rings. The van der Waals surface area contributed by atoms with E-state index in [2.05, 4.69) is 17.2 Å². The lowest BCUT2D eigenvalue weighted by molar-refractivity contribution is 0.102. The fraction of sp³-hybridized carbons (Fsp3) is 0.294. The molecule has 1 heterocycles. The Morgan fingerprint density at radius 2 is 1.90 bits per heavy atom. The Morgan fingerprint density at radius 3 is 2.52 bits per heavy atom. The molecule has 0 saturated carbocycles.